The first kappa shape index (κ1) is 12.0. The summed E-state index contributed by atoms with van der Waals surface area (Å²) >= 11 is 0. The molecule has 1 heterocycles. The van der Waals surface area contributed by atoms with Crippen LogP contribution >= 0.6 is 0 Å². The Morgan fingerprint density at radius 2 is 2.29 bits per heavy atom. The minimum atomic E-state index is 0.356. The summed E-state index contributed by atoms with van der Waals surface area (Å²) in [5.74, 6) is 6.19. The topological polar surface area (TPSA) is 76.5 Å². The average molecular weight is 236 g/mol. The fourth-order valence-electron chi connectivity index (χ4n) is 1.90. The monoisotopic (exact) mass is 236 g/mol. The van der Waals surface area contributed by atoms with Gasteiger partial charge in [-0.25, -0.2) is 0 Å². The molecule has 2 aliphatic rings. The molecule has 0 saturated heterocycles. The Morgan fingerprint density at radius 3 is 2.82 bits per heavy atom. The van der Waals surface area contributed by atoms with E-state index in [9.17, 15) is 0 Å². The van der Waals surface area contributed by atoms with Crippen LogP contribution in [0.5, 0.6) is 0 Å². The predicted octanol–water partition coefficient (Wildman–Crippen LogP) is 0.532. The molecule has 5 heteroatoms. The van der Waals surface area contributed by atoms with Gasteiger partial charge < -0.3 is 15.4 Å². The van der Waals surface area contributed by atoms with Gasteiger partial charge in [0.05, 0.1) is 6.10 Å². The second-order valence-electron chi connectivity index (χ2n) is 4.55. The second kappa shape index (κ2) is 4.81. The van der Waals surface area contributed by atoms with E-state index in [2.05, 4.69) is 5.43 Å². The largest absolute Gasteiger partial charge is 0.488 e. The van der Waals surface area contributed by atoms with E-state index in [1.807, 2.05) is 31.1 Å². The maximum atomic E-state index is 5.91. The number of likely N-dealkylation sites (N-methyl/N-ethyl adjacent to an activating group) is 1. The first-order valence-corrected chi connectivity index (χ1v) is 5.84. The van der Waals surface area contributed by atoms with Gasteiger partial charge in [0.25, 0.3) is 0 Å². The molecule has 0 spiro atoms. The standard InChI is InChI=1S/C12H20N4O/c1-8(13)12-11(17-10-3-4-10)5-9(6-15-14)7-16(12)2/h5,7,10,15H,3-4,6,13-14H2,1-2H3/b12-8-. The van der Waals surface area contributed by atoms with Crippen molar-refractivity contribution in [3.8, 4) is 0 Å². The van der Waals surface area contributed by atoms with Crippen LogP contribution in [-0.2, 0) is 4.74 Å². The summed E-state index contributed by atoms with van der Waals surface area (Å²) in [6, 6.07) is 0. The van der Waals surface area contributed by atoms with E-state index < -0.39 is 0 Å². The minimum absolute atomic E-state index is 0.356. The summed E-state index contributed by atoms with van der Waals surface area (Å²) in [5, 5.41) is 0. The van der Waals surface area contributed by atoms with Gasteiger partial charge in [-0.05, 0) is 31.4 Å². The summed E-state index contributed by atoms with van der Waals surface area (Å²) in [4.78, 5) is 1.99. The van der Waals surface area contributed by atoms with E-state index in [1.165, 1.54) is 0 Å². The highest BCUT2D eigenvalue weighted by molar-refractivity contribution is 5.40. The lowest BCUT2D eigenvalue weighted by atomic mass is 10.1. The molecular formula is C12H20N4O. The van der Waals surface area contributed by atoms with Crippen molar-refractivity contribution in [3.05, 3.63) is 35.0 Å². The van der Waals surface area contributed by atoms with Gasteiger partial charge in [-0.15, -0.1) is 0 Å². The molecule has 5 N–H and O–H groups in total. The van der Waals surface area contributed by atoms with Crippen LogP contribution in [0, 0.1) is 0 Å². The molecule has 94 valence electrons. The molecule has 5 nitrogen and oxygen atoms in total. The van der Waals surface area contributed by atoms with E-state index in [0.717, 1.165) is 35.6 Å². The van der Waals surface area contributed by atoms with Gasteiger partial charge >= 0.3 is 0 Å². The van der Waals surface area contributed by atoms with Gasteiger partial charge in [-0.1, -0.05) is 0 Å². The molecule has 0 aromatic carbocycles. The molecule has 0 atom stereocenters. The fourth-order valence-corrected chi connectivity index (χ4v) is 1.90. The van der Waals surface area contributed by atoms with Crippen LogP contribution in [0.2, 0.25) is 0 Å². The van der Waals surface area contributed by atoms with Crippen LogP contribution < -0.4 is 17.0 Å². The van der Waals surface area contributed by atoms with Crippen molar-refractivity contribution in [2.45, 2.75) is 25.9 Å². The van der Waals surface area contributed by atoms with Crippen LogP contribution in [-0.4, -0.2) is 24.6 Å². The highest BCUT2D eigenvalue weighted by atomic mass is 16.5. The molecule has 0 aromatic rings. The highest BCUT2D eigenvalue weighted by Crippen LogP contribution is 2.32. The Balaban J connectivity index is 2.24. The van der Waals surface area contributed by atoms with Gasteiger partial charge in [0.1, 0.15) is 11.5 Å². The van der Waals surface area contributed by atoms with Crippen molar-refractivity contribution in [3.63, 3.8) is 0 Å². The van der Waals surface area contributed by atoms with Gasteiger partial charge in [-0.2, -0.15) is 0 Å². The first-order valence-electron chi connectivity index (χ1n) is 5.84. The molecule has 1 fully saturated rings. The molecule has 0 amide bonds. The van der Waals surface area contributed by atoms with E-state index in [0.29, 0.717) is 12.6 Å². The summed E-state index contributed by atoms with van der Waals surface area (Å²) < 4.78 is 5.90. The zero-order valence-corrected chi connectivity index (χ0v) is 10.4. The molecule has 1 aliphatic carbocycles. The number of hydrogen-bond acceptors (Lipinski definition) is 5. The Morgan fingerprint density at radius 1 is 1.59 bits per heavy atom. The van der Waals surface area contributed by atoms with Gasteiger partial charge in [0.15, 0.2) is 0 Å². The summed E-state index contributed by atoms with van der Waals surface area (Å²) in [7, 11) is 1.96. The van der Waals surface area contributed by atoms with Crippen molar-refractivity contribution in [1.82, 2.24) is 10.3 Å². The molecule has 17 heavy (non-hydrogen) atoms. The van der Waals surface area contributed by atoms with Crippen molar-refractivity contribution < 1.29 is 4.74 Å². The molecule has 0 bridgehead atoms. The predicted molar refractivity (Wildman–Crippen MR) is 67.1 cm³/mol. The Hall–Kier alpha value is -1.46. The third-order valence-corrected chi connectivity index (χ3v) is 2.76. The number of ether oxygens (including phenoxy) is 1. The molecule has 1 aliphatic heterocycles. The third-order valence-electron chi connectivity index (χ3n) is 2.76. The summed E-state index contributed by atoms with van der Waals surface area (Å²) in [6.07, 6.45) is 6.63. The minimum Gasteiger partial charge on any atom is -0.488 e. The van der Waals surface area contributed by atoms with Crippen molar-refractivity contribution in [2.24, 2.45) is 11.6 Å². The van der Waals surface area contributed by atoms with Crippen LogP contribution in [0.1, 0.15) is 19.8 Å². The quantitative estimate of drug-likeness (QED) is 0.490. The van der Waals surface area contributed by atoms with Gasteiger partial charge in [0, 0.05) is 25.5 Å². The van der Waals surface area contributed by atoms with Crippen molar-refractivity contribution in [2.75, 3.05) is 13.6 Å². The van der Waals surface area contributed by atoms with Gasteiger partial charge in [0.2, 0.25) is 0 Å². The Labute approximate surface area is 102 Å². The SMILES string of the molecule is C/C(N)=C1\C(OC2CC2)=CC(CNN)=CN1C. The number of hydrogen-bond donors (Lipinski definition) is 3. The molecule has 2 rings (SSSR count). The van der Waals surface area contributed by atoms with E-state index in [4.69, 9.17) is 16.3 Å². The molecule has 0 unspecified atom stereocenters. The number of rotatable bonds is 4. The molecule has 0 radical (unpaired) electrons. The number of allylic oxidation sites excluding steroid dienone is 1. The molecular weight excluding hydrogens is 216 g/mol. The van der Waals surface area contributed by atoms with Crippen LogP contribution in [0.3, 0.4) is 0 Å². The normalized spacial score (nSPS) is 23.1. The smallest absolute Gasteiger partial charge is 0.145 e. The van der Waals surface area contributed by atoms with E-state index in [1.54, 1.807) is 0 Å². The Kier molecular flexibility index (Phi) is 3.40. The molecule has 1 saturated carbocycles. The number of nitrogens with zero attached hydrogens (tertiary/aromatic N) is 1. The number of hydrazine groups is 1. The average Bonchev–Trinajstić information content (AvgIpc) is 3.00. The van der Waals surface area contributed by atoms with Crippen LogP contribution in [0.25, 0.3) is 0 Å². The zero-order valence-electron chi connectivity index (χ0n) is 10.4. The number of nitrogens with two attached hydrogens (primary N) is 2. The lowest BCUT2D eigenvalue weighted by Crippen LogP contribution is -2.28. The van der Waals surface area contributed by atoms with Crippen molar-refractivity contribution in [1.29, 1.82) is 0 Å². The molecule has 0 aromatic heterocycles. The Bertz CT molecular complexity index is 389. The maximum Gasteiger partial charge on any atom is 0.145 e. The lowest BCUT2D eigenvalue weighted by Gasteiger charge is -2.27. The van der Waals surface area contributed by atoms with Gasteiger partial charge in [-0.3, -0.25) is 11.3 Å². The third kappa shape index (κ3) is 2.81. The maximum absolute atomic E-state index is 5.91. The number of nitrogens with one attached hydrogen (secondary N) is 1. The first-order chi connectivity index (χ1) is 8.11. The zero-order chi connectivity index (χ0) is 12.4. The van der Waals surface area contributed by atoms with Crippen molar-refractivity contribution >= 4 is 0 Å². The second-order valence-corrected chi connectivity index (χ2v) is 4.55. The fraction of sp³-hybridized carbons (Fsp3) is 0.500. The van der Waals surface area contributed by atoms with Crippen LogP contribution in [0.15, 0.2) is 35.0 Å². The highest BCUT2D eigenvalue weighted by Gasteiger charge is 2.28. The van der Waals surface area contributed by atoms with E-state index >= 15 is 0 Å². The lowest BCUT2D eigenvalue weighted by molar-refractivity contribution is 0.191. The summed E-state index contributed by atoms with van der Waals surface area (Å²) in [6.45, 7) is 2.49. The summed E-state index contributed by atoms with van der Waals surface area (Å²) in [5.41, 5.74) is 11.3. The van der Waals surface area contributed by atoms with Crippen LogP contribution in [0.4, 0.5) is 0 Å². The van der Waals surface area contributed by atoms with E-state index in [-0.39, 0.29) is 0 Å².